The van der Waals surface area contributed by atoms with E-state index in [9.17, 15) is 0 Å². The third-order valence-electron chi connectivity index (χ3n) is 2.61. The van der Waals surface area contributed by atoms with E-state index in [4.69, 9.17) is 15.9 Å². The first-order valence-corrected chi connectivity index (χ1v) is 5.77. The predicted molar refractivity (Wildman–Crippen MR) is 71.1 cm³/mol. The molecule has 0 radical (unpaired) electrons. The Labute approximate surface area is 106 Å². The van der Waals surface area contributed by atoms with Crippen LogP contribution in [0.25, 0.3) is 0 Å². The van der Waals surface area contributed by atoms with Gasteiger partial charge < -0.3 is 10.5 Å². The molecule has 2 aromatic rings. The predicted octanol–water partition coefficient (Wildman–Crippen LogP) is 2.72. The summed E-state index contributed by atoms with van der Waals surface area (Å²) in [5.41, 5.74) is 7.22. The number of ether oxygens (including phenoxy) is 1. The molecular weight excluding hydrogens is 226 g/mol. The van der Waals surface area contributed by atoms with Crippen LogP contribution in [0.1, 0.15) is 18.1 Å². The van der Waals surface area contributed by atoms with Gasteiger partial charge in [-0.15, -0.1) is 0 Å². The minimum absolute atomic E-state index is 0.0525. The zero-order valence-electron chi connectivity index (χ0n) is 10.2. The summed E-state index contributed by atoms with van der Waals surface area (Å²) in [6.07, 6.45) is 2.60. The van der Waals surface area contributed by atoms with Crippen molar-refractivity contribution in [1.82, 2.24) is 4.98 Å². The summed E-state index contributed by atoms with van der Waals surface area (Å²) in [5.74, 6) is 0.992. The first kappa shape index (κ1) is 12.1. The molecule has 0 aliphatic heterocycles. The second-order valence-electron chi connectivity index (χ2n) is 3.87. The van der Waals surface area contributed by atoms with Crippen molar-refractivity contribution in [1.29, 1.82) is 5.41 Å². The Kier molecular flexibility index (Phi) is 3.57. The summed E-state index contributed by atoms with van der Waals surface area (Å²) in [4.78, 5) is 4.09. The molecule has 0 saturated heterocycles. The van der Waals surface area contributed by atoms with Gasteiger partial charge in [-0.2, -0.15) is 0 Å². The molecule has 0 amide bonds. The molecule has 1 heterocycles. The summed E-state index contributed by atoms with van der Waals surface area (Å²) >= 11 is 0. The summed E-state index contributed by atoms with van der Waals surface area (Å²) in [6.45, 7) is 2.10. The molecule has 0 bridgehead atoms. The minimum Gasteiger partial charge on any atom is -0.438 e. The van der Waals surface area contributed by atoms with Gasteiger partial charge in [-0.05, 0) is 36.2 Å². The summed E-state index contributed by atoms with van der Waals surface area (Å²) in [5, 5.41) is 7.46. The van der Waals surface area contributed by atoms with E-state index in [1.807, 2.05) is 24.3 Å². The van der Waals surface area contributed by atoms with Crippen molar-refractivity contribution in [2.75, 3.05) is 0 Å². The Morgan fingerprint density at radius 1 is 1.28 bits per heavy atom. The molecule has 0 aliphatic rings. The van der Waals surface area contributed by atoms with Crippen LogP contribution >= 0.6 is 0 Å². The van der Waals surface area contributed by atoms with Crippen LogP contribution in [0.2, 0.25) is 0 Å². The highest BCUT2D eigenvalue weighted by atomic mass is 16.5. The van der Waals surface area contributed by atoms with Gasteiger partial charge in [0.2, 0.25) is 5.88 Å². The first-order valence-electron chi connectivity index (χ1n) is 5.77. The molecule has 18 heavy (non-hydrogen) atoms. The second kappa shape index (κ2) is 5.31. The average molecular weight is 241 g/mol. The van der Waals surface area contributed by atoms with Gasteiger partial charge in [0.15, 0.2) is 0 Å². The lowest BCUT2D eigenvalue weighted by molar-refractivity contribution is 0.461. The van der Waals surface area contributed by atoms with E-state index < -0.39 is 0 Å². The number of rotatable bonds is 4. The van der Waals surface area contributed by atoms with Crippen molar-refractivity contribution in [3.8, 4) is 11.6 Å². The lowest BCUT2D eigenvalue weighted by Crippen LogP contribution is -2.12. The molecule has 4 nitrogen and oxygen atoms in total. The standard InChI is InChI=1S/C14H15N3O/c1-2-10-5-7-11(8-6-10)18-14-12(13(15)16)4-3-9-17-14/h3-9H,2H2,1H3,(H3,15,16). The number of aromatic nitrogens is 1. The van der Waals surface area contributed by atoms with E-state index >= 15 is 0 Å². The van der Waals surface area contributed by atoms with Gasteiger partial charge in [-0.1, -0.05) is 19.1 Å². The lowest BCUT2D eigenvalue weighted by atomic mass is 10.2. The summed E-state index contributed by atoms with van der Waals surface area (Å²) in [7, 11) is 0. The van der Waals surface area contributed by atoms with E-state index in [1.165, 1.54) is 5.56 Å². The highest BCUT2D eigenvalue weighted by Gasteiger charge is 2.08. The average Bonchev–Trinajstić information content (AvgIpc) is 2.40. The number of aryl methyl sites for hydroxylation is 1. The van der Waals surface area contributed by atoms with E-state index in [-0.39, 0.29) is 5.84 Å². The normalized spacial score (nSPS) is 10.1. The number of nitrogens with two attached hydrogens (primary N) is 1. The van der Waals surface area contributed by atoms with Crippen molar-refractivity contribution in [2.45, 2.75) is 13.3 Å². The topological polar surface area (TPSA) is 72.0 Å². The van der Waals surface area contributed by atoms with Crippen LogP contribution in [-0.4, -0.2) is 10.8 Å². The number of nitrogens with one attached hydrogen (secondary N) is 1. The van der Waals surface area contributed by atoms with Gasteiger partial charge >= 0.3 is 0 Å². The van der Waals surface area contributed by atoms with Crippen LogP contribution in [0.15, 0.2) is 42.6 Å². The van der Waals surface area contributed by atoms with E-state index in [0.29, 0.717) is 17.2 Å². The Morgan fingerprint density at radius 3 is 2.61 bits per heavy atom. The molecule has 0 spiro atoms. The van der Waals surface area contributed by atoms with Gasteiger partial charge in [-0.3, -0.25) is 5.41 Å². The molecule has 1 aromatic heterocycles. The SMILES string of the molecule is CCc1ccc(Oc2ncccc2C(=N)N)cc1. The number of amidine groups is 1. The van der Waals surface area contributed by atoms with Crippen molar-refractivity contribution in [2.24, 2.45) is 5.73 Å². The maximum atomic E-state index is 7.46. The molecule has 4 heteroatoms. The van der Waals surface area contributed by atoms with E-state index in [2.05, 4.69) is 11.9 Å². The van der Waals surface area contributed by atoms with E-state index in [1.54, 1.807) is 18.3 Å². The van der Waals surface area contributed by atoms with Crippen LogP contribution in [-0.2, 0) is 6.42 Å². The summed E-state index contributed by atoms with van der Waals surface area (Å²) < 4.78 is 5.64. The number of nitrogen functional groups attached to an aromatic ring is 1. The minimum atomic E-state index is -0.0525. The molecule has 0 saturated carbocycles. The van der Waals surface area contributed by atoms with Gasteiger partial charge in [-0.25, -0.2) is 4.98 Å². The molecule has 0 atom stereocenters. The highest BCUT2D eigenvalue weighted by Crippen LogP contribution is 2.22. The number of hydrogen-bond donors (Lipinski definition) is 2. The van der Waals surface area contributed by atoms with Crippen molar-refractivity contribution in [3.63, 3.8) is 0 Å². The Balaban J connectivity index is 2.25. The third kappa shape index (κ3) is 2.66. The Bertz CT molecular complexity index is 549. The molecule has 3 N–H and O–H groups in total. The fourth-order valence-electron chi connectivity index (χ4n) is 1.58. The van der Waals surface area contributed by atoms with Crippen LogP contribution < -0.4 is 10.5 Å². The van der Waals surface area contributed by atoms with Crippen LogP contribution in [0.4, 0.5) is 0 Å². The fraction of sp³-hybridized carbons (Fsp3) is 0.143. The zero-order valence-corrected chi connectivity index (χ0v) is 10.2. The van der Waals surface area contributed by atoms with Gasteiger partial charge in [0.1, 0.15) is 11.6 Å². The maximum absolute atomic E-state index is 7.46. The smallest absolute Gasteiger partial charge is 0.230 e. The van der Waals surface area contributed by atoms with E-state index in [0.717, 1.165) is 6.42 Å². The number of pyridine rings is 1. The monoisotopic (exact) mass is 241 g/mol. The number of hydrogen-bond acceptors (Lipinski definition) is 3. The van der Waals surface area contributed by atoms with Crippen molar-refractivity contribution < 1.29 is 4.74 Å². The maximum Gasteiger partial charge on any atom is 0.230 e. The first-order chi connectivity index (χ1) is 8.70. The zero-order chi connectivity index (χ0) is 13.0. The van der Waals surface area contributed by atoms with Crippen LogP contribution in [0.3, 0.4) is 0 Å². The highest BCUT2D eigenvalue weighted by molar-refractivity contribution is 5.97. The van der Waals surface area contributed by atoms with Gasteiger partial charge in [0, 0.05) is 6.20 Å². The molecule has 2 rings (SSSR count). The number of nitrogens with zero attached hydrogens (tertiary/aromatic N) is 1. The summed E-state index contributed by atoms with van der Waals surface area (Å²) in [6, 6.07) is 11.2. The molecule has 0 fully saturated rings. The van der Waals surface area contributed by atoms with Gasteiger partial charge in [0.25, 0.3) is 0 Å². The largest absolute Gasteiger partial charge is 0.438 e. The molecule has 1 aromatic carbocycles. The molecule has 0 aliphatic carbocycles. The van der Waals surface area contributed by atoms with Crippen LogP contribution in [0, 0.1) is 5.41 Å². The van der Waals surface area contributed by atoms with Crippen molar-refractivity contribution in [3.05, 3.63) is 53.7 Å². The lowest BCUT2D eigenvalue weighted by Gasteiger charge is -2.08. The Morgan fingerprint density at radius 2 is 2.00 bits per heavy atom. The van der Waals surface area contributed by atoms with Crippen molar-refractivity contribution >= 4 is 5.84 Å². The second-order valence-corrected chi connectivity index (χ2v) is 3.87. The quantitative estimate of drug-likeness (QED) is 0.638. The fourth-order valence-corrected chi connectivity index (χ4v) is 1.58. The molecule has 92 valence electrons. The Hall–Kier alpha value is -2.36. The van der Waals surface area contributed by atoms with Crippen LogP contribution in [0.5, 0.6) is 11.6 Å². The molecular formula is C14H15N3O. The van der Waals surface area contributed by atoms with Gasteiger partial charge in [0.05, 0.1) is 5.56 Å². The number of benzene rings is 1. The third-order valence-corrected chi connectivity index (χ3v) is 2.61. The molecule has 0 unspecified atom stereocenters.